The predicted molar refractivity (Wildman–Crippen MR) is 148 cm³/mol. The Bertz CT molecular complexity index is 1800. The number of fused-ring (bicyclic) bond motifs is 3. The van der Waals surface area contributed by atoms with Gasteiger partial charge in [0.1, 0.15) is 29.0 Å². The number of aromatic nitrogens is 10. The van der Waals surface area contributed by atoms with Gasteiger partial charge in [-0.25, -0.2) is 44.9 Å². The topological polar surface area (TPSA) is 129 Å². The fraction of sp³-hybridized carbons (Fsp3) is 0.310. The molecule has 0 saturated carbocycles. The van der Waals surface area contributed by atoms with Crippen LogP contribution in [0, 0.1) is 0 Å². The zero-order valence-electron chi connectivity index (χ0n) is 22.3. The summed E-state index contributed by atoms with van der Waals surface area (Å²) in [6.45, 7) is 8.43. The lowest BCUT2D eigenvalue weighted by Crippen LogP contribution is -2.07. The second-order valence-electron chi connectivity index (χ2n) is 10.3. The number of rotatable bonds is 7. The Morgan fingerprint density at radius 3 is 2.15 bits per heavy atom. The van der Waals surface area contributed by atoms with E-state index < -0.39 is 0 Å². The van der Waals surface area contributed by atoms with E-state index in [2.05, 4.69) is 62.6 Å². The predicted octanol–water partition coefficient (Wildman–Crippen LogP) is 4.91. The Morgan fingerprint density at radius 1 is 0.564 bits per heavy atom. The monoisotopic (exact) mass is 516 g/mol. The second-order valence-corrected chi connectivity index (χ2v) is 10.3. The van der Waals surface area contributed by atoms with Crippen LogP contribution in [0.4, 0.5) is 0 Å². The van der Waals surface area contributed by atoms with Crippen molar-refractivity contribution in [3.05, 3.63) is 84.2 Å². The summed E-state index contributed by atoms with van der Waals surface area (Å²) in [6, 6.07) is 6.03. The molecule has 0 aliphatic heterocycles. The van der Waals surface area contributed by atoms with Gasteiger partial charge in [-0.2, -0.15) is 0 Å². The maximum Gasteiger partial charge on any atom is 0.181 e. The highest BCUT2D eigenvalue weighted by Gasteiger charge is 2.15. The van der Waals surface area contributed by atoms with Crippen molar-refractivity contribution in [3.8, 4) is 0 Å². The molecule has 0 N–H and O–H groups in total. The average molecular weight is 517 g/mol. The second kappa shape index (κ2) is 10.3. The molecule has 0 radical (unpaired) electrons. The molecule has 2 unspecified atom stereocenters. The van der Waals surface area contributed by atoms with Crippen LogP contribution >= 0.6 is 0 Å². The van der Waals surface area contributed by atoms with Crippen molar-refractivity contribution in [1.82, 2.24) is 49.8 Å². The van der Waals surface area contributed by atoms with Gasteiger partial charge in [0.2, 0.25) is 0 Å². The minimum Gasteiger partial charge on any atom is -0.259 e. The molecule has 0 saturated heterocycles. The zero-order valence-corrected chi connectivity index (χ0v) is 22.3. The number of hydrogen-bond donors (Lipinski definition) is 0. The summed E-state index contributed by atoms with van der Waals surface area (Å²) < 4.78 is 0. The molecule has 6 heterocycles. The molecule has 39 heavy (non-hydrogen) atoms. The number of hydrogen-bond acceptors (Lipinski definition) is 10. The Hall–Kier alpha value is -4.60. The van der Waals surface area contributed by atoms with Gasteiger partial charge in [0.25, 0.3) is 0 Å². The lowest BCUT2D eigenvalue weighted by atomic mass is 10.0. The molecule has 0 aliphatic carbocycles. The molecule has 6 aromatic heterocycles. The highest BCUT2D eigenvalue weighted by molar-refractivity contribution is 5.77. The van der Waals surface area contributed by atoms with Crippen LogP contribution in [0.1, 0.15) is 74.2 Å². The van der Waals surface area contributed by atoms with Gasteiger partial charge in [-0.05, 0) is 24.1 Å². The molecule has 0 aliphatic rings. The van der Waals surface area contributed by atoms with E-state index in [-0.39, 0.29) is 11.8 Å². The molecule has 0 bridgehead atoms. The molecule has 0 aromatic carbocycles. The van der Waals surface area contributed by atoms with Crippen molar-refractivity contribution in [1.29, 1.82) is 0 Å². The van der Waals surface area contributed by atoms with Crippen LogP contribution in [0.2, 0.25) is 0 Å². The van der Waals surface area contributed by atoms with Crippen molar-refractivity contribution in [2.45, 2.75) is 58.3 Å². The fourth-order valence-corrected chi connectivity index (χ4v) is 4.52. The summed E-state index contributed by atoms with van der Waals surface area (Å²) in [5.74, 6) is 2.04. The van der Waals surface area contributed by atoms with Crippen LogP contribution in [0.25, 0.3) is 33.1 Å². The highest BCUT2D eigenvalue weighted by Crippen LogP contribution is 2.23. The van der Waals surface area contributed by atoms with E-state index in [0.29, 0.717) is 29.9 Å². The maximum atomic E-state index is 4.78. The third-order valence-corrected chi connectivity index (χ3v) is 6.87. The minimum atomic E-state index is 0.109. The van der Waals surface area contributed by atoms with E-state index in [0.717, 1.165) is 50.7 Å². The Labute approximate surface area is 225 Å². The lowest BCUT2D eigenvalue weighted by Gasteiger charge is -2.13. The van der Waals surface area contributed by atoms with Gasteiger partial charge >= 0.3 is 0 Å². The van der Waals surface area contributed by atoms with Crippen molar-refractivity contribution >= 4 is 33.1 Å². The van der Waals surface area contributed by atoms with Gasteiger partial charge in [0.15, 0.2) is 5.65 Å². The SMILES string of the molecule is CC(C)c1cnc2nc(CC(C)c3cc4cnc(CC(C)c5ccc6ncncc6n5)nc4cn3)ncc2n1. The summed E-state index contributed by atoms with van der Waals surface area (Å²) in [6.07, 6.45) is 11.8. The molecule has 2 atom stereocenters. The largest absolute Gasteiger partial charge is 0.259 e. The molecular formula is C29H28N10. The van der Waals surface area contributed by atoms with Crippen molar-refractivity contribution in [2.75, 3.05) is 0 Å². The van der Waals surface area contributed by atoms with E-state index in [1.807, 2.05) is 30.6 Å². The molecule has 194 valence electrons. The van der Waals surface area contributed by atoms with Gasteiger partial charge in [0.05, 0.1) is 41.5 Å². The Kier molecular flexibility index (Phi) is 6.52. The first-order valence-corrected chi connectivity index (χ1v) is 13.1. The number of pyridine rings is 2. The summed E-state index contributed by atoms with van der Waals surface area (Å²) >= 11 is 0. The fourth-order valence-electron chi connectivity index (χ4n) is 4.52. The van der Waals surface area contributed by atoms with E-state index in [4.69, 9.17) is 15.0 Å². The molecule has 0 amide bonds. The first-order valence-electron chi connectivity index (χ1n) is 13.1. The van der Waals surface area contributed by atoms with Crippen molar-refractivity contribution in [3.63, 3.8) is 0 Å². The normalized spacial score (nSPS) is 13.4. The van der Waals surface area contributed by atoms with Crippen LogP contribution in [0.5, 0.6) is 0 Å². The summed E-state index contributed by atoms with van der Waals surface area (Å²) in [5, 5.41) is 0.954. The summed E-state index contributed by atoms with van der Waals surface area (Å²) in [4.78, 5) is 45.4. The highest BCUT2D eigenvalue weighted by atomic mass is 15.0. The van der Waals surface area contributed by atoms with Gasteiger partial charge in [-0.3, -0.25) is 4.98 Å². The van der Waals surface area contributed by atoms with E-state index in [9.17, 15) is 0 Å². The Balaban J connectivity index is 1.17. The van der Waals surface area contributed by atoms with Crippen LogP contribution in [0.3, 0.4) is 0 Å². The average Bonchev–Trinajstić information content (AvgIpc) is 2.96. The number of nitrogens with zero attached hydrogens (tertiary/aromatic N) is 10. The third-order valence-electron chi connectivity index (χ3n) is 6.87. The van der Waals surface area contributed by atoms with E-state index in [1.165, 1.54) is 6.33 Å². The first-order chi connectivity index (χ1) is 18.9. The quantitative estimate of drug-likeness (QED) is 0.288. The Morgan fingerprint density at radius 2 is 1.31 bits per heavy atom. The molecule has 10 heteroatoms. The molecule has 0 fully saturated rings. The molecule has 6 rings (SSSR count). The van der Waals surface area contributed by atoms with Crippen molar-refractivity contribution < 1.29 is 0 Å². The standard InChI is InChI=1S/C29H28N10/c1-16(2)23-12-34-29-26(37-23)14-33-28(39-29)8-18(4)22-9-19-10-32-27(38-24(19)13-31-22)7-17(3)20-5-6-21-25(36-20)11-30-15-35-21/h5-6,9-18H,7-8H2,1-4H3. The van der Waals surface area contributed by atoms with Crippen molar-refractivity contribution in [2.24, 2.45) is 0 Å². The first kappa shape index (κ1) is 24.7. The summed E-state index contributed by atoms with van der Waals surface area (Å²) in [7, 11) is 0. The van der Waals surface area contributed by atoms with Crippen LogP contribution in [-0.2, 0) is 12.8 Å². The summed E-state index contributed by atoms with van der Waals surface area (Å²) in [5.41, 5.74) is 6.62. The molecule has 0 spiro atoms. The van der Waals surface area contributed by atoms with E-state index >= 15 is 0 Å². The maximum absolute atomic E-state index is 4.78. The third kappa shape index (κ3) is 5.22. The van der Waals surface area contributed by atoms with Gasteiger partial charge in [0, 0.05) is 47.6 Å². The van der Waals surface area contributed by atoms with E-state index in [1.54, 1.807) is 18.6 Å². The minimum absolute atomic E-state index is 0.109. The lowest BCUT2D eigenvalue weighted by molar-refractivity contribution is 0.696. The van der Waals surface area contributed by atoms with Crippen LogP contribution in [0.15, 0.2) is 55.5 Å². The molecule has 6 aromatic rings. The van der Waals surface area contributed by atoms with Gasteiger partial charge in [-0.1, -0.05) is 27.7 Å². The molecular weight excluding hydrogens is 488 g/mol. The van der Waals surface area contributed by atoms with Crippen LogP contribution < -0.4 is 0 Å². The van der Waals surface area contributed by atoms with Crippen LogP contribution in [-0.4, -0.2) is 49.8 Å². The molecule has 10 nitrogen and oxygen atoms in total. The van der Waals surface area contributed by atoms with Gasteiger partial charge < -0.3 is 0 Å². The zero-order chi connectivity index (χ0) is 26.9. The van der Waals surface area contributed by atoms with Gasteiger partial charge in [-0.15, -0.1) is 0 Å². The smallest absolute Gasteiger partial charge is 0.181 e.